The molecule has 0 spiro atoms. The number of nitrogens with one attached hydrogen (secondary N) is 3. The van der Waals surface area contributed by atoms with Gasteiger partial charge in [0.25, 0.3) is 0 Å². The normalized spacial score (nSPS) is 20.9. The number of allylic oxidation sites excluding steroid dienone is 2. The standard InChI is InChI=1S/C21H24N6O/c1-14-11-19(27(13-14)21-22-8-4-9-23-21)20(28)25-16-7-6-15(2)17(12-16)18-5-3-10-24-26-18/h3-10,12,14,19,24,26H,11,13H2,1-2H3,(H,25,28)/t14-,19-/m1/s1. The van der Waals surface area contributed by atoms with Crippen LogP contribution < -0.4 is 21.1 Å². The van der Waals surface area contributed by atoms with E-state index in [2.05, 4.69) is 40.0 Å². The minimum absolute atomic E-state index is 0.0322. The number of rotatable bonds is 4. The predicted molar refractivity (Wildman–Crippen MR) is 110 cm³/mol. The molecule has 1 amide bonds. The zero-order valence-corrected chi connectivity index (χ0v) is 16.0. The summed E-state index contributed by atoms with van der Waals surface area (Å²) in [6, 6.07) is 7.45. The van der Waals surface area contributed by atoms with Gasteiger partial charge in [0.2, 0.25) is 11.9 Å². The van der Waals surface area contributed by atoms with Crippen LogP contribution in [-0.4, -0.2) is 28.5 Å². The molecule has 28 heavy (non-hydrogen) atoms. The van der Waals surface area contributed by atoms with E-state index in [1.807, 2.05) is 41.5 Å². The van der Waals surface area contributed by atoms with Gasteiger partial charge in [0.15, 0.2) is 0 Å². The molecule has 2 aromatic rings. The van der Waals surface area contributed by atoms with E-state index in [1.165, 1.54) is 0 Å². The maximum Gasteiger partial charge on any atom is 0.247 e. The molecule has 7 nitrogen and oxygen atoms in total. The first-order valence-corrected chi connectivity index (χ1v) is 9.46. The molecule has 0 radical (unpaired) electrons. The van der Waals surface area contributed by atoms with E-state index in [4.69, 9.17) is 0 Å². The number of benzene rings is 1. The molecule has 4 rings (SSSR count). The number of amides is 1. The summed E-state index contributed by atoms with van der Waals surface area (Å²) in [4.78, 5) is 23.7. The fraction of sp³-hybridized carbons (Fsp3) is 0.286. The van der Waals surface area contributed by atoms with Crippen LogP contribution in [0, 0.1) is 12.8 Å². The molecule has 144 valence electrons. The Hall–Kier alpha value is -3.35. The molecule has 0 unspecified atom stereocenters. The topological polar surface area (TPSA) is 82.2 Å². The Morgan fingerprint density at radius 2 is 2.11 bits per heavy atom. The van der Waals surface area contributed by atoms with Gasteiger partial charge in [-0.05, 0) is 55.2 Å². The maximum atomic E-state index is 13.1. The quantitative estimate of drug-likeness (QED) is 0.761. The SMILES string of the molecule is Cc1ccc(NC(=O)[C@H]2C[C@@H](C)CN2c2ncccn2)cc1C1=CC=CNN1. The number of hydrogen-bond acceptors (Lipinski definition) is 6. The molecule has 2 atom stereocenters. The minimum Gasteiger partial charge on any atom is -0.329 e. The van der Waals surface area contributed by atoms with Gasteiger partial charge in [-0.2, -0.15) is 0 Å². The van der Waals surface area contributed by atoms with Crippen LogP contribution in [0.3, 0.4) is 0 Å². The van der Waals surface area contributed by atoms with Crippen molar-refractivity contribution in [2.75, 3.05) is 16.8 Å². The van der Waals surface area contributed by atoms with Crippen LogP contribution in [0.15, 0.2) is 55.0 Å². The minimum atomic E-state index is -0.279. The zero-order valence-electron chi connectivity index (χ0n) is 16.0. The Balaban J connectivity index is 1.54. The molecule has 7 heteroatoms. The first kappa shape index (κ1) is 18.0. The third-order valence-corrected chi connectivity index (χ3v) is 5.07. The Morgan fingerprint density at radius 3 is 2.86 bits per heavy atom. The van der Waals surface area contributed by atoms with Crippen molar-refractivity contribution in [3.63, 3.8) is 0 Å². The van der Waals surface area contributed by atoms with Gasteiger partial charge in [-0.3, -0.25) is 4.79 Å². The summed E-state index contributed by atoms with van der Waals surface area (Å²) in [6.07, 6.45) is 9.96. The average Bonchev–Trinajstić information content (AvgIpc) is 3.13. The number of nitrogens with zero attached hydrogens (tertiary/aromatic N) is 3. The van der Waals surface area contributed by atoms with E-state index in [1.54, 1.807) is 18.5 Å². The van der Waals surface area contributed by atoms with Gasteiger partial charge >= 0.3 is 0 Å². The summed E-state index contributed by atoms with van der Waals surface area (Å²) in [5, 5.41) is 3.08. The summed E-state index contributed by atoms with van der Waals surface area (Å²) in [5.74, 6) is 0.976. The van der Waals surface area contributed by atoms with Crippen molar-refractivity contribution in [3.05, 3.63) is 66.1 Å². The van der Waals surface area contributed by atoms with Crippen LogP contribution in [0.5, 0.6) is 0 Å². The van der Waals surface area contributed by atoms with Crippen molar-refractivity contribution >= 4 is 23.2 Å². The predicted octanol–water partition coefficient (Wildman–Crippen LogP) is 2.60. The second-order valence-corrected chi connectivity index (χ2v) is 7.29. The number of carbonyl (C=O) groups is 1. The molecule has 2 aliphatic heterocycles. The van der Waals surface area contributed by atoms with E-state index in [0.29, 0.717) is 11.9 Å². The van der Waals surface area contributed by atoms with Gasteiger partial charge in [0.05, 0.1) is 5.70 Å². The molecule has 1 aromatic heterocycles. The fourth-order valence-corrected chi connectivity index (χ4v) is 3.68. The molecule has 1 fully saturated rings. The highest BCUT2D eigenvalue weighted by Gasteiger charge is 2.36. The largest absolute Gasteiger partial charge is 0.329 e. The first-order chi connectivity index (χ1) is 13.6. The van der Waals surface area contributed by atoms with E-state index in [0.717, 1.165) is 35.5 Å². The highest BCUT2D eigenvalue weighted by molar-refractivity contribution is 5.97. The Morgan fingerprint density at radius 1 is 1.29 bits per heavy atom. The Labute approximate surface area is 164 Å². The van der Waals surface area contributed by atoms with Crippen LogP contribution >= 0.6 is 0 Å². The van der Waals surface area contributed by atoms with Crippen molar-refractivity contribution < 1.29 is 4.79 Å². The molecule has 3 heterocycles. The summed E-state index contributed by atoms with van der Waals surface area (Å²) in [7, 11) is 0. The lowest BCUT2D eigenvalue weighted by Crippen LogP contribution is -2.40. The summed E-state index contributed by atoms with van der Waals surface area (Å²) in [5.41, 5.74) is 10.0. The number of anilines is 2. The molecule has 2 aliphatic rings. The third-order valence-electron chi connectivity index (χ3n) is 5.07. The molecule has 0 bridgehead atoms. The van der Waals surface area contributed by atoms with E-state index >= 15 is 0 Å². The third kappa shape index (κ3) is 3.69. The lowest BCUT2D eigenvalue weighted by atomic mass is 10.0. The summed E-state index contributed by atoms with van der Waals surface area (Å²) < 4.78 is 0. The molecule has 1 aromatic carbocycles. The highest BCUT2D eigenvalue weighted by atomic mass is 16.2. The number of carbonyl (C=O) groups excluding carboxylic acids is 1. The molecular weight excluding hydrogens is 352 g/mol. The molecule has 0 aliphatic carbocycles. The van der Waals surface area contributed by atoms with E-state index < -0.39 is 0 Å². The van der Waals surface area contributed by atoms with Crippen LogP contribution in [0.4, 0.5) is 11.6 Å². The molecule has 1 saturated heterocycles. The van der Waals surface area contributed by atoms with E-state index in [-0.39, 0.29) is 11.9 Å². The molecule has 0 saturated carbocycles. The lowest BCUT2D eigenvalue weighted by molar-refractivity contribution is -0.117. The molecular formula is C21H24N6O. The van der Waals surface area contributed by atoms with Crippen molar-refractivity contribution in [2.24, 2.45) is 5.92 Å². The molecule has 3 N–H and O–H groups in total. The van der Waals surface area contributed by atoms with Crippen molar-refractivity contribution in [1.82, 2.24) is 20.8 Å². The van der Waals surface area contributed by atoms with Crippen LogP contribution in [0.2, 0.25) is 0 Å². The fourth-order valence-electron chi connectivity index (χ4n) is 3.68. The highest BCUT2D eigenvalue weighted by Crippen LogP contribution is 2.28. The van der Waals surface area contributed by atoms with Gasteiger partial charge in [0, 0.05) is 36.4 Å². The maximum absolute atomic E-state index is 13.1. The van der Waals surface area contributed by atoms with Crippen LogP contribution in [0.1, 0.15) is 24.5 Å². The zero-order chi connectivity index (χ0) is 19.5. The second kappa shape index (κ2) is 7.72. The number of aryl methyl sites for hydroxylation is 1. The van der Waals surface area contributed by atoms with Crippen molar-refractivity contribution in [2.45, 2.75) is 26.3 Å². The van der Waals surface area contributed by atoms with Crippen LogP contribution in [-0.2, 0) is 4.79 Å². The van der Waals surface area contributed by atoms with Gasteiger partial charge in [0.1, 0.15) is 6.04 Å². The van der Waals surface area contributed by atoms with Gasteiger partial charge in [-0.25, -0.2) is 9.97 Å². The first-order valence-electron chi connectivity index (χ1n) is 9.46. The monoisotopic (exact) mass is 376 g/mol. The Bertz CT molecular complexity index is 924. The average molecular weight is 376 g/mol. The van der Waals surface area contributed by atoms with Crippen molar-refractivity contribution in [3.8, 4) is 0 Å². The summed E-state index contributed by atoms with van der Waals surface area (Å²) >= 11 is 0. The number of hydrogen-bond donors (Lipinski definition) is 3. The number of hydrazine groups is 1. The van der Waals surface area contributed by atoms with Crippen molar-refractivity contribution in [1.29, 1.82) is 0 Å². The number of aromatic nitrogens is 2. The Kier molecular flexibility index (Phi) is 4.97. The van der Waals surface area contributed by atoms with E-state index in [9.17, 15) is 4.79 Å². The van der Waals surface area contributed by atoms with Gasteiger partial charge in [-0.15, -0.1) is 0 Å². The van der Waals surface area contributed by atoms with Crippen LogP contribution in [0.25, 0.3) is 5.70 Å². The smallest absolute Gasteiger partial charge is 0.247 e. The lowest BCUT2D eigenvalue weighted by Gasteiger charge is -2.24. The van der Waals surface area contributed by atoms with Gasteiger partial charge in [-0.1, -0.05) is 13.0 Å². The van der Waals surface area contributed by atoms with Gasteiger partial charge < -0.3 is 21.1 Å². The second-order valence-electron chi connectivity index (χ2n) is 7.29. The summed E-state index contributed by atoms with van der Waals surface area (Å²) in [6.45, 7) is 4.97.